The van der Waals surface area contributed by atoms with E-state index in [0.29, 0.717) is 0 Å². The summed E-state index contributed by atoms with van der Waals surface area (Å²) in [4.78, 5) is 6.73. The summed E-state index contributed by atoms with van der Waals surface area (Å²) in [5.41, 5.74) is 2.58. The molecule has 0 amide bonds. The molecule has 2 aromatic rings. The monoisotopic (exact) mass is 486 g/mol. The minimum atomic E-state index is 0. The van der Waals surface area contributed by atoms with Gasteiger partial charge in [-0.2, -0.15) is 11.8 Å². The number of anilines is 1. The molecule has 2 heterocycles. The van der Waals surface area contributed by atoms with Gasteiger partial charge in [0.2, 0.25) is 0 Å². The second kappa shape index (κ2) is 11.4. The summed E-state index contributed by atoms with van der Waals surface area (Å²) in [5.74, 6) is 4.24. The van der Waals surface area contributed by atoms with E-state index in [1.165, 1.54) is 22.8 Å². The molecule has 0 radical (unpaired) electrons. The number of halogens is 1. The van der Waals surface area contributed by atoms with Crippen LogP contribution in [-0.2, 0) is 13.0 Å². The van der Waals surface area contributed by atoms with Crippen molar-refractivity contribution in [2.45, 2.75) is 13.0 Å². The highest BCUT2D eigenvalue weighted by molar-refractivity contribution is 14.0. The van der Waals surface area contributed by atoms with Gasteiger partial charge >= 0.3 is 0 Å². The van der Waals surface area contributed by atoms with Crippen LogP contribution in [0.1, 0.15) is 11.3 Å². The Bertz CT molecular complexity index is 655. The van der Waals surface area contributed by atoms with Crippen LogP contribution in [0.2, 0.25) is 0 Å². The van der Waals surface area contributed by atoms with E-state index in [2.05, 4.69) is 44.8 Å². The lowest BCUT2D eigenvalue weighted by Gasteiger charge is -2.28. The summed E-state index contributed by atoms with van der Waals surface area (Å²) in [5, 5.41) is 6.67. The molecule has 5 nitrogen and oxygen atoms in total. The molecule has 2 N–H and O–H groups in total. The third kappa shape index (κ3) is 6.42. The third-order valence-corrected chi connectivity index (χ3v) is 5.18. The zero-order valence-electron chi connectivity index (χ0n) is 15.1. The van der Waals surface area contributed by atoms with Crippen molar-refractivity contribution in [3.8, 4) is 0 Å². The van der Waals surface area contributed by atoms with Gasteiger partial charge in [-0.25, -0.2) is 0 Å². The highest BCUT2D eigenvalue weighted by Crippen LogP contribution is 2.19. The van der Waals surface area contributed by atoms with Gasteiger partial charge < -0.3 is 20.0 Å². The number of rotatable bonds is 6. The molecule has 0 unspecified atom stereocenters. The quantitative estimate of drug-likeness (QED) is 0.373. The molecule has 1 aromatic heterocycles. The molecular weight excluding hydrogens is 459 g/mol. The summed E-state index contributed by atoms with van der Waals surface area (Å²) >= 11 is 2.04. The van der Waals surface area contributed by atoms with Crippen LogP contribution in [0.5, 0.6) is 0 Å². The average molecular weight is 486 g/mol. The fraction of sp³-hybridized carbons (Fsp3) is 0.421. The van der Waals surface area contributed by atoms with E-state index < -0.39 is 0 Å². The Hall–Kier alpha value is -1.35. The molecule has 1 aliphatic rings. The number of guanidine groups is 1. The van der Waals surface area contributed by atoms with E-state index in [-0.39, 0.29) is 24.0 Å². The SMILES string of the molecule is CN=C(NCCc1ccco1)NCc1ccc(N2CCSCC2)cc1.I. The van der Waals surface area contributed by atoms with Gasteiger partial charge in [-0.05, 0) is 29.8 Å². The number of hydrogen-bond donors (Lipinski definition) is 2. The first-order valence-corrected chi connectivity index (χ1v) is 9.89. The second-order valence-corrected chi connectivity index (χ2v) is 7.17. The van der Waals surface area contributed by atoms with Crippen LogP contribution in [0, 0.1) is 0 Å². The number of benzene rings is 1. The minimum Gasteiger partial charge on any atom is -0.469 e. The highest BCUT2D eigenvalue weighted by atomic mass is 127. The molecule has 0 spiro atoms. The van der Waals surface area contributed by atoms with Gasteiger partial charge in [0.1, 0.15) is 5.76 Å². The van der Waals surface area contributed by atoms with Gasteiger partial charge in [0.05, 0.1) is 6.26 Å². The zero-order chi connectivity index (χ0) is 17.3. The van der Waals surface area contributed by atoms with Crippen LogP contribution in [0.3, 0.4) is 0 Å². The molecule has 142 valence electrons. The standard InChI is InChI=1S/C19H26N4OS.HI/c1-20-19(21-9-8-18-3-2-12-24-18)22-15-16-4-6-17(7-5-16)23-10-13-25-14-11-23;/h2-7,12H,8-11,13-15H2,1H3,(H2,20,21,22);1H. The normalized spacial score (nSPS) is 14.7. The van der Waals surface area contributed by atoms with Gasteiger partial charge in [-0.15, -0.1) is 24.0 Å². The Kier molecular flexibility index (Phi) is 9.17. The van der Waals surface area contributed by atoms with Gasteiger partial charge in [0.25, 0.3) is 0 Å². The smallest absolute Gasteiger partial charge is 0.191 e. The van der Waals surface area contributed by atoms with E-state index in [1.807, 2.05) is 23.9 Å². The predicted molar refractivity (Wildman–Crippen MR) is 122 cm³/mol. The van der Waals surface area contributed by atoms with Crippen LogP contribution in [0.4, 0.5) is 5.69 Å². The Balaban J connectivity index is 0.00000243. The van der Waals surface area contributed by atoms with E-state index in [9.17, 15) is 0 Å². The fourth-order valence-corrected chi connectivity index (χ4v) is 3.71. The number of nitrogens with zero attached hydrogens (tertiary/aromatic N) is 2. The number of thioether (sulfide) groups is 1. The molecule has 1 aliphatic heterocycles. The van der Waals surface area contributed by atoms with Gasteiger partial charge in [-0.1, -0.05) is 12.1 Å². The maximum atomic E-state index is 5.33. The average Bonchev–Trinajstić information content (AvgIpc) is 3.19. The van der Waals surface area contributed by atoms with Crippen molar-refractivity contribution in [3.05, 3.63) is 54.0 Å². The number of hydrogen-bond acceptors (Lipinski definition) is 4. The van der Waals surface area contributed by atoms with E-state index in [0.717, 1.165) is 44.3 Å². The summed E-state index contributed by atoms with van der Waals surface area (Å²) < 4.78 is 5.33. The van der Waals surface area contributed by atoms with Crippen LogP contribution in [0.25, 0.3) is 0 Å². The Morgan fingerprint density at radius 1 is 1.15 bits per heavy atom. The van der Waals surface area contributed by atoms with E-state index in [1.54, 1.807) is 13.3 Å². The molecule has 1 saturated heterocycles. The summed E-state index contributed by atoms with van der Waals surface area (Å²) in [6, 6.07) is 12.7. The molecule has 0 atom stereocenters. The summed E-state index contributed by atoms with van der Waals surface area (Å²) in [6.45, 7) is 3.85. The molecular formula is C19H27IN4OS. The molecule has 3 rings (SSSR count). The number of furan rings is 1. The van der Waals surface area contributed by atoms with Gasteiger partial charge in [0.15, 0.2) is 5.96 Å². The van der Waals surface area contributed by atoms with Crippen molar-refractivity contribution >= 4 is 47.4 Å². The van der Waals surface area contributed by atoms with Gasteiger partial charge in [0, 0.05) is 56.8 Å². The van der Waals surface area contributed by atoms with E-state index in [4.69, 9.17) is 4.42 Å². The maximum Gasteiger partial charge on any atom is 0.191 e. The van der Waals surface area contributed by atoms with Crippen molar-refractivity contribution in [3.63, 3.8) is 0 Å². The number of aliphatic imine (C=N–C) groups is 1. The molecule has 0 aliphatic carbocycles. The molecule has 0 saturated carbocycles. The van der Waals surface area contributed by atoms with Crippen molar-refractivity contribution < 1.29 is 4.42 Å². The largest absolute Gasteiger partial charge is 0.469 e. The molecule has 7 heteroatoms. The first-order valence-electron chi connectivity index (χ1n) is 8.73. The lowest BCUT2D eigenvalue weighted by molar-refractivity contribution is 0.507. The summed E-state index contributed by atoms with van der Waals surface area (Å²) in [6.07, 6.45) is 2.55. The highest BCUT2D eigenvalue weighted by Gasteiger charge is 2.10. The first kappa shape index (κ1) is 21.0. The molecule has 26 heavy (non-hydrogen) atoms. The molecule has 0 bridgehead atoms. The van der Waals surface area contributed by atoms with Crippen molar-refractivity contribution in [1.82, 2.24) is 10.6 Å². The third-order valence-electron chi connectivity index (χ3n) is 4.24. The second-order valence-electron chi connectivity index (χ2n) is 5.95. The molecule has 1 fully saturated rings. The zero-order valence-corrected chi connectivity index (χ0v) is 18.3. The Morgan fingerprint density at radius 2 is 1.92 bits per heavy atom. The van der Waals surface area contributed by atoms with Crippen molar-refractivity contribution in [2.24, 2.45) is 4.99 Å². The lowest BCUT2D eigenvalue weighted by atomic mass is 10.2. The topological polar surface area (TPSA) is 52.8 Å². The summed E-state index contributed by atoms with van der Waals surface area (Å²) in [7, 11) is 1.79. The van der Waals surface area contributed by atoms with E-state index >= 15 is 0 Å². The Labute approximate surface area is 177 Å². The Morgan fingerprint density at radius 3 is 2.58 bits per heavy atom. The maximum absolute atomic E-state index is 5.33. The van der Waals surface area contributed by atoms with Crippen LogP contribution in [-0.4, -0.2) is 44.1 Å². The lowest BCUT2D eigenvalue weighted by Crippen LogP contribution is -2.37. The van der Waals surface area contributed by atoms with Gasteiger partial charge in [-0.3, -0.25) is 4.99 Å². The van der Waals surface area contributed by atoms with Crippen LogP contribution < -0.4 is 15.5 Å². The predicted octanol–water partition coefficient (Wildman–Crippen LogP) is 3.36. The number of nitrogens with one attached hydrogen (secondary N) is 2. The van der Waals surface area contributed by atoms with Crippen LogP contribution in [0.15, 0.2) is 52.1 Å². The van der Waals surface area contributed by atoms with Crippen molar-refractivity contribution in [2.75, 3.05) is 43.1 Å². The fourth-order valence-electron chi connectivity index (χ4n) is 2.81. The minimum absolute atomic E-state index is 0. The first-order chi connectivity index (χ1) is 12.3. The molecule has 1 aromatic carbocycles. The van der Waals surface area contributed by atoms with Crippen molar-refractivity contribution in [1.29, 1.82) is 0 Å². The van der Waals surface area contributed by atoms with Crippen LogP contribution >= 0.6 is 35.7 Å².